The first-order chi connectivity index (χ1) is 14.5. The van der Waals surface area contributed by atoms with Gasteiger partial charge < -0.3 is 28.8 Å². The molecule has 1 unspecified atom stereocenters. The zero-order valence-electron chi connectivity index (χ0n) is 17.3. The Morgan fingerprint density at radius 2 is 1.45 bits per heavy atom. The van der Waals surface area contributed by atoms with Crippen LogP contribution in [0, 0.1) is 0 Å². The third-order valence-corrected chi connectivity index (χ3v) is 4.61. The molecule has 1 aliphatic heterocycles. The summed E-state index contributed by atoms with van der Waals surface area (Å²) in [5.41, 5.74) is 0.333. The van der Waals surface area contributed by atoms with Gasteiger partial charge in [-0.2, -0.15) is 0 Å². The van der Waals surface area contributed by atoms with Gasteiger partial charge in [0.2, 0.25) is 0 Å². The Kier molecular flexibility index (Phi) is 8.23. The molecule has 1 aromatic rings. The van der Waals surface area contributed by atoms with E-state index in [-0.39, 0.29) is 17.4 Å². The van der Waals surface area contributed by atoms with Crippen LogP contribution in [0.3, 0.4) is 0 Å². The Morgan fingerprint density at radius 1 is 0.903 bits per heavy atom. The lowest BCUT2D eigenvalue weighted by Crippen LogP contribution is -2.59. The summed E-state index contributed by atoms with van der Waals surface area (Å²) in [6.45, 7) is 4.26. The lowest BCUT2D eigenvalue weighted by Gasteiger charge is -2.44. The van der Waals surface area contributed by atoms with Crippen molar-refractivity contribution in [2.75, 3.05) is 6.61 Å². The second-order valence-corrected chi connectivity index (χ2v) is 7.24. The summed E-state index contributed by atoms with van der Waals surface area (Å²) in [6, 6.07) is 4.22. The molecule has 0 aliphatic carbocycles. The molecule has 1 aliphatic rings. The second kappa shape index (κ2) is 10.5. The van der Waals surface area contributed by atoms with Gasteiger partial charge in [0.15, 0.2) is 18.3 Å². The summed E-state index contributed by atoms with van der Waals surface area (Å²) in [5.74, 6) is -3.04. The molecule has 0 amide bonds. The second-order valence-electron chi connectivity index (χ2n) is 6.83. The number of halogens is 1. The maximum atomic E-state index is 11.8. The molecule has 0 spiro atoms. The number of ether oxygens (including phenoxy) is 5. The Bertz CT molecular complexity index is 854. The van der Waals surface area contributed by atoms with Crippen LogP contribution in [-0.4, -0.2) is 60.0 Å². The summed E-state index contributed by atoms with van der Waals surface area (Å²) in [7, 11) is 0. The van der Waals surface area contributed by atoms with Crippen LogP contribution in [-0.2, 0) is 42.9 Å². The summed E-state index contributed by atoms with van der Waals surface area (Å²) >= 11 is 5.87. The molecule has 1 saturated heterocycles. The highest BCUT2D eigenvalue weighted by molar-refractivity contribution is 6.32. The molecule has 0 bridgehead atoms. The number of phenols is 1. The van der Waals surface area contributed by atoms with Crippen molar-refractivity contribution >= 4 is 35.5 Å². The molecule has 0 aromatic heterocycles. The number of hydrogen-bond donors (Lipinski definition) is 1. The standard InChI is InChI=1S/C20H23ClO10/c1-9(22)27-8-16-18(28-10(2)23)20(30-12(4)25)19(29-11(3)24)17(31-16)13-5-6-14(21)15(26)7-13/h5-7,16-20,26H,8H2,1-4H3/t16-,17?,18-,19+,20+/m1/s1. The van der Waals surface area contributed by atoms with Crippen LogP contribution in [0.1, 0.15) is 39.4 Å². The van der Waals surface area contributed by atoms with E-state index in [9.17, 15) is 24.3 Å². The highest BCUT2D eigenvalue weighted by Crippen LogP contribution is 2.39. The van der Waals surface area contributed by atoms with Crippen LogP contribution in [0.5, 0.6) is 5.75 Å². The van der Waals surface area contributed by atoms with Gasteiger partial charge in [-0.25, -0.2) is 0 Å². The summed E-state index contributed by atoms with van der Waals surface area (Å²) < 4.78 is 27.0. The van der Waals surface area contributed by atoms with Crippen molar-refractivity contribution in [3.63, 3.8) is 0 Å². The van der Waals surface area contributed by atoms with E-state index >= 15 is 0 Å². The minimum Gasteiger partial charge on any atom is -0.506 e. The molecular formula is C20H23ClO10. The first-order valence-corrected chi connectivity index (χ1v) is 9.66. The highest BCUT2D eigenvalue weighted by Gasteiger charge is 2.52. The Hall–Kier alpha value is -2.85. The van der Waals surface area contributed by atoms with Gasteiger partial charge in [-0.05, 0) is 17.7 Å². The summed E-state index contributed by atoms with van der Waals surface area (Å²) in [5, 5.41) is 10.1. The Balaban J connectivity index is 2.56. The van der Waals surface area contributed by atoms with E-state index in [1.807, 2.05) is 0 Å². The lowest BCUT2D eigenvalue weighted by atomic mass is 9.90. The van der Waals surface area contributed by atoms with E-state index in [0.717, 1.165) is 20.8 Å². The zero-order valence-corrected chi connectivity index (χ0v) is 18.1. The predicted molar refractivity (Wildman–Crippen MR) is 104 cm³/mol. The van der Waals surface area contributed by atoms with Crippen LogP contribution in [0.4, 0.5) is 0 Å². The number of hydrogen-bond acceptors (Lipinski definition) is 10. The van der Waals surface area contributed by atoms with Crippen molar-refractivity contribution in [2.24, 2.45) is 0 Å². The third kappa shape index (κ3) is 6.56. The van der Waals surface area contributed by atoms with Gasteiger partial charge >= 0.3 is 23.9 Å². The van der Waals surface area contributed by atoms with Gasteiger partial charge in [0.25, 0.3) is 0 Å². The highest BCUT2D eigenvalue weighted by atomic mass is 35.5. The van der Waals surface area contributed by atoms with Crippen LogP contribution < -0.4 is 0 Å². The topological polar surface area (TPSA) is 135 Å². The smallest absolute Gasteiger partial charge is 0.303 e. The quantitative estimate of drug-likeness (QED) is 0.496. The molecule has 2 rings (SSSR count). The molecule has 0 radical (unpaired) electrons. The Morgan fingerprint density at radius 3 is 1.97 bits per heavy atom. The van der Waals surface area contributed by atoms with E-state index in [1.165, 1.54) is 25.1 Å². The number of carbonyl (C=O) groups is 4. The summed E-state index contributed by atoms with van der Waals surface area (Å²) in [6.07, 6.45) is -5.94. The minimum absolute atomic E-state index is 0.0781. The van der Waals surface area contributed by atoms with Gasteiger partial charge in [-0.15, -0.1) is 0 Å². The van der Waals surface area contributed by atoms with Gasteiger partial charge in [-0.1, -0.05) is 17.7 Å². The van der Waals surface area contributed by atoms with Gasteiger partial charge in [-0.3, -0.25) is 19.2 Å². The molecule has 170 valence electrons. The van der Waals surface area contributed by atoms with E-state index in [1.54, 1.807) is 0 Å². The molecule has 5 atom stereocenters. The number of aromatic hydroxyl groups is 1. The lowest BCUT2D eigenvalue weighted by molar-refractivity contribution is -0.254. The normalized spacial score (nSPS) is 25.3. The molecule has 1 N–H and O–H groups in total. The number of phenolic OH excluding ortho intramolecular Hbond substituents is 1. The molecule has 1 fully saturated rings. The molecular weight excluding hydrogens is 436 g/mol. The van der Waals surface area contributed by atoms with E-state index in [0.29, 0.717) is 5.56 Å². The zero-order chi connectivity index (χ0) is 23.3. The fraction of sp³-hybridized carbons (Fsp3) is 0.500. The number of carbonyl (C=O) groups excluding carboxylic acids is 4. The van der Waals surface area contributed by atoms with Gasteiger partial charge in [0, 0.05) is 27.7 Å². The SMILES string of the molecule is CC(=O)OC[C@H]1OC(c2ccc(Cl)c(O)c2)[C@H](OC(C)=O)[C@@H](OC(C)=O)[C@@H]1OC(C)=O. The average Bonchev–Trinajstić information content (AvgIpc) is 2.64. The van der Waals surface area contributed by atoms with Crippen molar-refractivity contribution in [3.8, 4) is 5.75 Å². The number of esters is 4. The van der Waals surface area contributed by atoms with Crippen LogP contribution in [0.15, 0.2) is 18.2 Å². The maximum absolute atomic E-state index is 11.8. The fourth-order valence-electron chi connectivity index (χ4n) is 3.20. The van der Waals surface area contributed by atoms with Gasteiger partial charge in [0.1, 0.15) is 24.6 Å². The molecule has 1 heterocycles. The van der Waals surface area contributed by atoms with Crippen LogP contribution in [0.2, 0.25) is 5.02 Å². The average molecular weight is 459 g/mol. The molecule has 11 heteroatoms. The minimum atomic E-state index is -1.29. The monoisotopic (exact) mass is 458 g/mol. The van der Waals surface area contributed by atoms with Crippen molar-refractivity contribution in [3.05, 3.63) is 28.8 Å². The molecule has 31 heavy (non-hydrogen) atoms. The largest absolute Gasteiger partial charge is 0.506 e. The van der Waals surface area contributed by atoms with Crippen LogP contribution in [0.25, 0.3) is 0 Å². The van der Waals surface area contributed by atoms with E-state index in [4.69, 9.17) is 35.3 Å². The first-order valence-electron chi connectivity index (χ1n) is 9.28. The third-order valence-electron chi connectivity index (χ3n) is 4.29. The summed E-state index contributed by atoms with van der Waals surface area (Å²) in [4.78, 5) is 46.6. The maximum Gasteiger partial charge on any atom is 0.303 e. The van der Waals surface area contributed by atoms with Gasteiger partial charge in [0.05, 0.1) is 5.02 Å². The molecule has 1 aromatic carbocycles. The first kappa shape index (κ1) is 24.4. The molecule has 0 saturated carbocycles. The van der Waals surface area contributed by atoms with E-state index in [2.05, 4.69) is 0 Å². The predicted octanol–water partition coefficient (Wildman–Crippen LogP) is 1.84. The van der Waals surface area contributed by atoms with E-state index < -0.39 is 54.4 Å². The number of benzene rings is 1. The molecule has 10 nitrogen and oxygen atoms in total. The fourth-order valence-corrected chi connectivity index (χ4v) is 3.32. The van der Waals surface area contributed by atoms with Crippen LogP contribution >= 0.6 is 11.6 Å². The van der Waals surface area contributed by atoms with Crippen molar-refractivity contribution in [1.29, 1.82) is 0 Å². The van der Waals surface area contributed by atoms with Crippen molar-refractivity contribution in [1.82, 2.24) is 0 Å². The Labute approximate surface area is 183 Å². The number of rotatable bonds is 6. The van der Waals surface area contributed by atoms with Crippen molar-refractivity contribution in [2.45, 2.75) is 58.2 Å². The van der Waals surface area contributed by atoms with Crippen molar-refractivity contribution < 1.29 is 48.0 Å².